The van der Waals surface area contributed by atoms with Gasteiger partial charge in [0, 0.05) is 17.0 Å². The van der Waals surface area contributed by atoms with Crippen molar-refractivity contribution < 1.29 is 14.7 Å². The zero-order chi connectivity index (χ0) is 14.7. The molecule has 0 aliphatic heterocycles. The number of carbonyl (C=O) groups is 2. The number of rotatable bonds is 5. The molecule has 0 bridgehead atoms. The number of nitrogens with zero attached hydrogens (tertiary/aromatic N) is 2. The zero-order valence-electron chi connectivity index (χ0n) is 11.5. The molecule has 2 N–H and O–H groups in total. The quantitative estimate of drug-likeness (QED) is 0.872. The lowest BCUT2D eigenvalue weighted by Gasteiger charge is -2.27. The van der Waals surface area contributed by atoms with Crippen LogP contribution in [0.25, 0.3) is 10.9 Å². The molecule has 0 saturated carbocycles. The normalized spacial score (nSPS) is 12.3. The van der Waals surface area contributed by atoms with Crippen LogP contribution in [0.1, 0.15) is 30.6 Å². The van der Waals surface area contributed by atoms with Crippen LogP contribution >= 0.6 is 0 Å². The summed E-state index contributed by atoms with van der Waals surface area (Å²) < 4.78 is 0. The highest BCUT2D eigenvalue weighted by atomic mass is 16.4. The minimum absolute atomic E-state index is 0.126. The summed E-state index contributed by atoms with van der Waals surface area (Å²) in [5, 5.41) is 16.5. The van der Waals surface area contributed by atoms with E-state index >= 15 is 0 Å². The lowest BCUT2D eigenvalue weighted by atomic mass is 10.1. The number of fused-ring (bicyclic) bond motifs is 1. The largest absolute Gasteiger partial charge is 0.480 e. The van der Waals surface area contributed by atoms with Gasteiger partial charge in [0.25, 0.3) is 5.91 Å². The molecule has 1 aromatic carbocycles. The van der Waals surface area contributed by atoms with E-state index in [2.05, 4.69) is 10.2 Å². The number of aromatic nitrogens is 2. The Labute approximate surface area is 116 Å². The molecule has 1 aromatic heterocycles. The van der Waals surface area contributed by atoms with Gasteiger partial charge in [0.2, 0.25) is 0 Å². The Morgan fingerprint density at radius 2 is 2.20 bits per heavy atom. The third-order valence-corrected chi connectivity index (χ3v) is 3.38. The third kappa shape index (κ3) is 2.79. The standard InChI is InChI=1S/C14H17N3O3/c1-3-9(2)17(8-13(18)19)14(20)10-4-5-12-11(6-10)7-15-16-12/h4-7,9H,3,8H2,1-2H3,(H,15,16)(H,18,19)/t9-/m1/s1. The Kier molecular flexibility index (Phi) is 4.02. The van der Waals surface area contributed by atoms with Crippen molar-refractivity contribution in [3.8, 4) is 0 Å². The lowest BCUT2D eigenvalue weighted by molar-refractivity contribution is -0.138. The Morgan fingerprint density at radius 3 is 2.85 bits per heavy atom. The van der Waals surface area contributed by atoms with E-state index < -0.39 is 5.97 Å². The third-order valence-electron chi connectivity index (χ3n) is 3.38. The number of nitrogens with one attached hydrogen (secondary N) is 1. The first-order chi connectivity index (χ1) is 9.52. The minimum Gasteiger partial charge on any atom is -0.480 e. The molecule has 1 heterocycles. The maximum atomic E-state index is 12.5. The molecule has 1 amide bonds. The van der Waals surface area contributed by atoms with Gasteiger partial charge < -0.3 is 10.0 Å². The second-order valence-electron chi connectivity index (χ2n) is 4.76. The average molecular weight is 275 g/mol. The fourth-order valence-electron chi connectivity index (χ4n) is 2.04. The highest BCUT2D eigenvalue weighted by Gasteiger charge is 2.23. The summed E-state index contributed by atoms with van der Waals surface area (Å²) in [5.74, 6) is -1.28. The Hall–Kier alpha value is -2.37. The Bertz CT molecular complexity index is 635. The number of carboxylic acids is 1. The monoisotopic (exact) mass is 275 g/mol. The van der Waals surface area contributed by atoms with Gasteiger partial charge in [0.1, 0.15) is 6.54 Å². The van der Waals surface area contributed by atoms with Crippen molar-refractivity contribution in [3.63, 3.8) is 0 Å². The fraction of sp³-hybridized carbons (Fsp3) is 0.357. The first-order valence-corrected chi connectivity index (χ1v) is 6.48. The Balaban J connectivity index is 2.31. The van der Waals surface area contributed by atoms with Crippen LogP contribution in [0.2, 0.25) is 0 Å². The maximum absolute atomic E-state index is 12.5. The maximum Gasteiger partial charge on any atom is 0.323 e. The molecule has 2 aromatic rings. The number of carbonyl (C=O) groups excluding carboxylic acids is 1. The second-order valence-corrected chi connectivity index (χ2v) is 4.76. The van der Waals surface area contributed by atoms with E-state index in [-0.39, 0.29) is 18.5 Å². The summed E-state index contributed by atoms with van der Waals surface area (Å²) in [6.45, 7) is 3.47. The molecule has 0 fully saturated rings. The second kappa shape index (κ2) is 5.73. The molecule has 6 nitrogen and oxygen atoms in total. The molecule has 0 aliphatic carbocycles. The number of hydrogen-bond donors (Lipinski definition) is 2. The SMILES string of the molecule is CC[C@@H](C)N(CC(=O)O)C(=O)c1ccc2[nH]ncc2c1. The van der Waals surface area contributed by atoms with Gasteiger partial charge >= 0.3 is 5.97 Å². The van der Waals surface area contributed by atoms with E-state index in [1.807, 2.05) is 13.8 Å². The van der Waals surface area contributed by atoms with Crippen LogP contribution in [-0.4, -0.2) is 44.7 Å². The first-order valence-electron chi connectivity index (χ1n) is 6.48. The molecule has 0 unspecified atom stereocenters. The predicted octanol–water partition coefficient (Wildman–Crippen LogP) is 1.89. The van der Waals surface area contributed by atoms with Gasteiger partial charge in [-0.25, -0.2) is 0 Å². The average Bonchev–Trinajstić information content (AvgIpc) is 2.90. The molecular formula is C14H17N3O3. The highest BCUT2D eigenvalue weighted by molar-refractivity contribution is 5.99. The number of hydrogen-bond acceptors (Lipinski definition) is 3. The van der Waals surface area contributed by atoms with Gasteiger partial charge in [0.05, 0.1) is 11.7 Å². The van der Waals surface area contributed by atoms with Crippen LogP contribution in [0, 0.1) is 0 Å². The van der Waals surface area contributed by atoms with Gasteiger partial charge in [-0.1, -0.05) is 6.92 Å². The summed E-state index contributed by atoms with van der Waals surface area (Å²) in [7, 11) is 0. The minimum atomic E-state index is -1.01. The number of aliphatic carboxylic acids is 1. The van der Waals surface area contributed by atoms with Gasteiger partial charge in [-0.3, -0.25) is 14.7 Å². The van der Waals surface area contributed by atoms with Crippen LogP contribution < -0.4 is 0 Å². The number of benzene rings is 1. The first kappa shape index (κ1) is 14.0. The summed E-state index contributed by atoms with van der Waals surface area (Å²) in [6, 6.07) is 5.04. The predicted molar refractivity (Wildman–Crippen MR) is 74.5 cm³/mol. The summed E-state index contributed by atoms with van der Waals surface area (Å²) in [5.41, 5.74) is 1.32. The van der Waals surface area contributed by atoms with E-state index in [0.717, 1.165) is 10.9 Å². The van der Waals surface area contributed by atoms with Crippen LogP contribution in [0.3, 0.4) is 0 Å². The van der Waals surface area contributed by atoms with Gasteiger partial charge in [0.15, 0.2) is 0 Å². The van der Waals surface area contributed by atoms with Crippen molar-refractivity contribution in [3.05, 3.63) is 30.0 Å². The summed E-state index contributed by atoms with van der Waals surface area (Å²) in [4.78, 5) is 24.8. The molecular weight excluding hydrogens is 258 g/mol. The van der Waals surface area contributed by atoms with E-state index in [1.165, 1.54) is 4.90 Å². The molecule has 0 saturated heterocycles. The molecule has 0 aliphatic rings. The molecule has 1 atom stereocenters. The van der Waals surface area contributed by atoms with Crippen LogP contribution in [0.15, 0.2) is 24.4 Å². The number of amides is 1. The molecule has 0 spiro atoms. The van der Waals surface area contributed by atoms with Crippen molar-refractivity contribution in [1.29, 1.82) is 0 Å². The van der Waals surface area contributed by atoms with E-state index in [1.54, 1.807) is 24.4 Å². The summed E-state index contributed by atoms with van der Waals surface area (Å²) >= 11 is 0. The van der Waals surface area contributed by atoms with Crippen molar-refractivity contribution in [2.24, 2.45) is 0 Å². The van der Waals surface area contributed by atoms with E-state index in [4.69, 9.17) is 5.11 Å². The number of carboxylic acid groups (broad SMARTS) is 1. The Morgan fingerprint density at radius 1 is 1.45 bits per heavy atom. The topological polar surface area (TPSA) is 86.3 Å². The lowest BCUT2D eigenvalue weighted by Crippen LogP contribution is -2.41. The van der Waals surface area contributed by atoms with E-state index in [9.17, 15) is 9.59 Å². The van der Waals surface area contributed by atoms with Crippen LogP contribution in [0.5, 0.6) is 0 Å². The van der Waals surface area contributed by atoms with Gasteiger partial charge in [-0.05, 0) is 31.5 Å². The summed E-state index contributed by atoms with van der Waals surface area (Å²) in [6.07, 6.45) is 2.34. The smallest absolute Gasteiger partial charge is 0.323 e. The van der Waals surface area contributed by atoms with E-state index in [0.29, 0.717) is 12.0 Å². The van der Waals surface area contributed by atoms with Crippen molar-refractivity contribution in [2.45, 2.75) is 26.3 Å². The molecule has 106 valence electrons. The molecule has 2 rings (SSSR count). The molecule has 0 radical (unpaired) electrons. The van der Waals surface area contributed by atoms with Gasteiger partial charge in [-0.15, -0.1) is 0 Å². The number of aromatic amines is 1. The van der Waals surface area contributed by atoms with Crippen LogP contribution in [0.4, 0.5) is 0 Å². The molecule has 20 heavy (non-hydrogen) atoms. The molecule has 6 heteroatoms. The van der Waals surface area contributed by atoms with Crippen LogP contribution in [-0.2, 0) is 4.79 Å². The highest BCUT2D eigenvalue weighted by Crippen LogP contribution is 2.16. The van der Waals surface area contributed by atoms with Crippen molar-refractivity contribution in [2.75, 3.05) is 6.54 Å². The van der Waals surface area contributed by atoms with Crippen molar-refractivity contribution >= 4 is 22.8 Å². The van der Waals surface area contributed by atoms with Gasteiger partial charge in [-0.2, -0.15) is 5.10 Å². The van der Waals surface area contributed by atoms with Crippen molar-refractivity contribution in [1.82, 2.24) is 15.1 Å². The zero-order valence-corrected chi connectivity index (χ0v) is 11.5. The fourth-order valence-corrected chi connectivity index (χ4v) is 2.04. The number of H-pyrrole nitrogens is 1.